The molecule has 2 aromatic rings. The predicted octanol–water partition coefficient (Wildman–Crippen LogP) is 1.36. The molecule has 6 heteroatoms. The quantitative estimate of drug-likeness (QED) is 0.903. The van der Waals surface area contributed by atoms with E-state index >= 15 is 0 Å². The van der Waals surface area contributed by atoms with Gasteiger partial charge in [-0.2, -0.15) is 0 Å². The first-order chi connectivity index (χ1) is 10.2. The molecule has 0 saturated carbocycles. The third-order valence-corrected chi connectivity index (χ3v) is 3.79. The van der Waals surface area contributed by atoms with Crippen molar-refractivity contribution in [1.82, 2.24) is 14.5 Å². The number of hydrogen-bond donors (Lipinski definition) is 1. The number of imidazole rings is 1. The molecule has 0 fully saturated rings. The predicted molar refractivity (Wildman–Crippen MR) is 78.7 cm³/mol. The van der Waals surface area contributed by atoms with Crippen LogP contribution in [0.3, 0.4) is 0 Å². The Balaban J connectivity index is 1.85. The molecule has 21 heavy (non-hydrogen) atoms. The fourth-order valence-electron chi connectivity index (χ4n) is 2.52. The van der Waals surface area contributed by atoms with Crippen LogP contribution >= 0.6 is 0 Å². The smallest absolute Gasteiger partial charge is 0.328 e. The Kier molecular flexibility index (Phi) is 3.70. The molecule has 1 aromatic heterocycles. The Morgan fingerprint density at radius 3 is 2.71 bits per heavy atom. The van der Waals surface area contributed by atoms with Crippen LogP contribution in [0.1, 0.15) is 18.5 Å². The topological polar surface area (TPSA) is 57.4 Å². The van der Waals surface area contributed by atoms with Gasteiger partial charge in [-0.1, -0.05) is 6.07 Å². The van der Waals surface area contributed by atoms with Crippen molar-refractivity contribution in [2.24, 2.45) is 0 Å². The summed E-state index contributed by atoms with van der Waals surface area (Å²) in [5, 5.41) is 3.25. The number of nitrogens with one attached hydrogen (secondary N) is 1. The van der Waals surface area contributed by atoms with Crippen LogP contribution in [0.2, 0.25) is 0 Å². The number of fused-ring (bicyclic) bond motifs is 1. The zero-order chi connectivity index (χ0) is 14.8. The second kappa shape index (κ2) is 5.65. The van der Waals surface area contributed by atoms with Crippen molar-refractivity contribution in [2.45, 2.75) is 26.1 Å². The van der Waals surface area contributed by atoms with Crippen LogP contribution in [0.15, 0.2) is 35.4 Å². The molecule has 1 N–H and O–H groups in total. The van der Waals surface area contributed by atoms with E-state index in [1.807, 2.05) is 44.6 Å². The first kappa shape index (κ1) is 13.8. The summed E-state index contributed by atoms with van der Waals surface area (Å²) >= 11 is 0. The Morgan fingerprint density at radius 2 is 2.00 bits per heavy atom. The molecule has 2 heterocycles. The summed E-state index contributed by atoms with van der Waals surface area (Å²) in [5.74, 6) is 1.52. The minimum absolute atomic E-state index is 0.0125. The Bertz CT molecular complexity index is 690. The molecule has 1 unspecified atom stereocenters. The van der Waals surface area contributed by atoms with Gasteiger partial charge in [0.1, 0.15) is 0 Å². The fraction of sp³-hybridized carbons (Fsp3) is 0.400. The number of hydrogen-bond acceptors (Lipinski definition) is 4. The lowest BCUT2D eigenvalue weighted by Crippen LogP contribution is -2.29. The highest BCUT2D eigenvalue weighted by molar-refractivity contribution is 5.45. The lowest BCUT2D eigenvalue weighted by atomic mass is 10.1. The van der Waals surface area contributed by atoms with Crippen molar-refractivity contribution < 1.29 is 9.47 Å². The molecule has 0 amide bonds. The minimum atomic E-state index is 0.0125. The molecule has 1 atom stereocenters. The molecule has 0 aliphatic carbocycles. The molecule has 0 saturated heterocycles. The highest BCUT2D eigenvalue weighted by atomic mass is 16.7. The largest absolute Gasteiger partial charge is 0.454 e. The number of rotatable bonds is 5. The van der Waals surface area contributed by atoms with Gasteiger partial charge in [-0.05, 0) is 31.7 Å². The van der Waals surface area contributed by atoms with E-state index in [0.717, 1.165) is 17.1 Å². The fourth-order valence-corrected chi connectivity index (χ4v) is 2.52. The number of ether oxygens (including phenoxy) is 2. The summed E-state index contributed by atoms with van der Waals surface area (Å²) in [6, 6.07) is 5.90. The van der Waals surface area contributed by atoms with Crippen molar-refractivity contribution in [3.8, 4) is 11.5 Å². The molecule has 0 radical (unpaired) electrons. The lowest BCUT2D eigenvalue weighted by molar-refractivity contribution is 0.174. The molecule has 6 nitrogen and oxygen atoms in total. The van der Waals surface area contributed by atoms with E-state index in [4.69, 9.17) is 9.47 Å². The third-order valence-electron chi connectivity index (χ3n) is 3.79. The van der Waals surface area contributed by atoms with Gasteiger partial charge in [0.15, 0.2) is 11.5 Å². The Hall–Kier alpha value is -2.21. The van der Waals surface area contributed by atoms with Crippen molar-refractivity contribution in [3.63, 3.8) is 0 Å². The average Bonchev–Trinajstić information content (AvgIpc) is 3.10. The third kappa shape index (κ3) is 2.54. The zero-order valence-corrected chi connectivity index (χ0v) is 12.2. The van der Waals surface area contributed by atoms with Gasteiger partial charge in [-0.25, -0.2) is 4.79 Å². The highest BCUT2D eigenvalue weighted by Crippen LogP contribution is 2.34. The van der Waals surface area contributed by atoms with Gasteiger partial charge in [-0.15, -0.1) is 0 Å². The van der Waals surface area contributed by atoms with Crippen LogP contribution in [0, 0.1) is 0 Å². The van der Waals surface area contributed by atoms with E-state index in [2.05, 4.69) is 5.32 Å². The Morgan fingerprint density at radius 1 is 1.24 bits per heavy atom. The highest BCUT2D eigenvalue weighted by Gasteiger charge is 2.18. The van der Waals surface area contributed by atoms with Gasteiger partial charge in [0, 0.05) is 25.5 Å². The van der Waals surface area contributed by atoms with Gasteiger partial charge in [0.05, 0.1) is 6.04 Å². The second-order valence-electron chi connectivity index (χ2n) is 4.97. The van der Waals surface area contributed by atoms with E-state index in [9.17, 15) is 4.79 Å². The number of likely N-dealkylation sites (N-methyl/N-ethyl adjacent to an activating group) is 1. The number of nitrogens with zero attached hydrogens (tertiary/aromatic N) is 2. The summed E-state index contributed by atoms with van der Waals surface area (Å²) < 4.78 is 14.1. The van der Waals surface area contributed by atoms with Crippen molar-refractivity contribution in [3.05, 3.63) is 46.6 Å². The maximum absolute atomic E-state index is 12.1. The molecular formula is C15H19N3O3. The normalized spacial score (nSPS) is 14.4. The lowest BCUT2D eigenvalue weighted by Gasteiger charge is -2.17. The maximum atomic E-state index is 12.1. The molecule has 3 rings (SSSR count). The monoisotopic (exact) mass is 289 g/mol. The molecule has 0 spiro atoms. The first-order valence-electron chi connectivity index (χ1n) is 7.05. The van der Waals surface area contributed by atoms with Crippen LogP contribution in [0.4, 0.5) is 0 Å². The standard InChI is InChI=1S/C15H19N3O3/c1-3-17-6-7-18(15(17)19)9-12(16-2)11-4-5-13-14(8-11)21-10-20-13/h4-8,12,16H,3,9-10H2,1-2H3. The number of aryl methyl sites for hydroxylation is 1. The van der Waals surface area contributed by atoms with E-state index in [1.54, 1.807) is 9.13 Å². The van der Waals surface area contributed by atoms with E-state index in [0.29, 0.717) is 13.1 Å². The molecule has 1 aliphatic heterocycles. The Labute approximate surface area is 122 Å². The molecule has 0 bridgehead atoms. The van der Waals surface area contributed by atoms with Crippen molar-refractivity contribution in [2.75, 3.05) is 13.8 Å². The van der Waals surface area contributed by atoms with Gasteiger partial charge in [0.2, 0.25) is 6.79 Å². The van der Waals surface area contributed by atoms with Crippen molar-refractivity contribution >= 4 is 0 Å². The minimum Gasteiger partial charge on any atom is -0.454 e. The van der Waals surface area contributed by atoms with Crippen LogP contribution in [0.5, 0.6) is 11.5 Å². The molecule has 112 valence electrons. The van der Waals surface area contributed by atoms with Crippen LogP contribution in [-0.4, -0.2) is 23.0 Å². The van der Waals surface area contributed by atoms with Gasteiger partial charge in [0.25, 0.3) is 0 Å². The average molecular weight is 289 g/mol. The summed E-state index contributed by atoms with van der Waals surface area (Å²) in [7, 11) is 1.89. The molecule has 1 aliphatic rings. The van der Waals surface area contributed by atoms with Crippen LogP contribution in [-0.2, 0) is 13.1 Å². The van der Waals surface area contributed by atoms with E-state index in [-0.39, 0.29) is 18.5 Å². The van der Waals surface area contributed by atoms with Crippen LogP contribution < -0.4 is 20.5 Å². The second-order valence-corrected chi connectivity index (χ2v) is 4.97. The van der Waals surface area contributed by atoms with E-state index < -0.39 is 0 Å². The number of aromatic nitrogens is 2. The van der Waals surface area contributed by atoms with Crippen LogP contribution in [0.25, 0.3) is 0 Å². The summed E-state index contributed by atoms with van der Waals surface area (Å²) in [4.78, 5) is 12.1. The summed E-state index contributed by atoms with van der Waals surface area (Å²) in [6.07, 6.45) is 3.64. The van der Waals surface area contributed by atoms with E-state index in [1.165, 1.54) is 0 Å². The molecule has 1 aromatic carbocycles. The molecular weight excluding hydrogens is 270 g/mol. The summed E-state index contributed by atoms with van der Waals surface area (Å²) in [6.45, 7) is 3.48. The van der Waals surface area contributed by atoms with Gasteiger partial charge >= 0.3 is 5.69 Å². The SMILES string of the molecule is CCn1ccn(CC(NC)c2ccc3c(c2)OCO3)c1=O. The summed E-state index contributed by atoms with van der Waals surface area (Å²) in [5.41, 5.74) is 1.08. The first-order valence-corrected chi connectivity index (χ1v) is 7.05. The van der Waals surface area contributed by atoms with Gasteiger partial charge < -0.3 is 14.8 Å². The van der Waals surface area contributed by atoms with Gasteiger partial charge in [-0.3, -0.25) is 9.13 Å². The van der Waals surface area contributed by atoms with Crippen molar-refractivity contribution in [1.29, 1.82) is 0 Å². The maximum Gasteiger partial charge on any atom is 0.328 e. The zero-order valence-electron chi connectivity index (χ0n) is 12.2. The number of benzene rings is 1.